The van der Waals surface area contributed by atoms with Crippen molar-refractivity contribution in [1.29, 1.82) is 0 Å². The predicted octanol–water partition coefficient (Wildman–Crippen LogP) is 1.01. The molecule has 2 aliphatic rings. The van der Waals surface area contributed by atoms with Gasteiger partial charge in [-0.2, -0.15) is 0 Å². The first kappa shape index (κ1) is 14.5. The summed E-state index contributed by atoms with van der Waals surface area (Å²) in [5.74, 6) is -1.32. The molecule has 2 aliphatic heterocycles. The molecule has 2 unspecified atom stereocenters. The quantitative estimate of drug-likeness (QED) is 0.902. The highest BCUT2D eigenvalue weighted by Crippen LogP contribution is 2.45. The van der Waals surface area contributed by atoms with E-state index in [9.17, 15) is 18.3 Å². The molecule has 5 nitrogen and oxygen atoms in total. The molecule has 2 atom stereocenters. The normalized spacial score (nSPS) is 31.7. The first-order chi connectivity index (χ1) is 9.90. The molecule has 0 bridgehead atoms. The molecule has 0 aromatic heterocycles. The van der Waals surface area contributed by atoms with Crippen molar-refractivity contribution in [1.82, 2.24) is 4.90 Å². The van der Waals surface area contributed by atoms with Crippen molar-refractivity contribution in [2.24, 2.45) is 11.3 Å². The number of hydrogen-bond acceptors (Lipinski definition) is 4. The molecule has 1 N–H and O–H groups in total. The molecular formula is C15H19NO4S. The lowest BCUT2D eigenvalue weighted by molar-refractivity contribution is -0.144. The van der Waals surface area contributed by atoms with Crippen molar-refractivity contribution >= 4 is 15.8 Å². The van der Waals surface area contributed by atoms with Crippen LogP contribution in [0.15, 0.2) is 30.3 Å². The highest BCUT2D eigenvalue weighted by atomic mass is 32.2. The molecule has 3 rings (SSSR count). The molecule has 0 amide bonds. The third-order valence-corrected chi connectivity index (χ3v) is 6.52. The summed E-state index contributed by atoms with van der Waals surface area (Å²) in [6.07, 6.45) is 0.470. The Balaban J connectivity index is 1.81. The number of carboxylic acid groups (broad SMARTS) is 1. The first-order valence-corrected chi connectivity index (χ1v) is 8.92. The molecule has 2 heterocycles. The summed E-state index contributed by atoms with van der Waals surface area (Å²) in [5.41, 5.74) is 0.527. The molecule has 0 aliphatic carbocycles. The van der Waals surface area contributed by atoms with Crippen molar-refractivity contribution in [3.8, 4) is 0 Å². The van der Waals surface area contributed by atoms with Crippen LogP contribution in [0, 0.1) is 11.3 Å². The molecule has 1 aromatic rings. The monoisotopic (exact) mass is 309 g/mol. The van der Waals surface area contributed by atoms with Gasteiger partial charge < -0.3 is 5.11 Å². The minimum absolute atomic E-state index is 0.0161. The largest absolute Gasteiger partial charge is 0.481 e. The number of aliphatic carboxylic acids is 1. The topological polar surface area (TPSA) is 74.7 Å². The average Bonchev–Trinajstić information content (AvgIpc) is 2.91. The van der Waals surface area contributed by atoms with Gasteiger partial charge in [0.25, 0.3) is 0 Å². The molecule has 0 saturated carbocycles. The number of likely N-dealkylation sites (tertiary alicyclic amines) is 1. The van der Waals surface area contributed by atoms with Gasteiger partial charge in [0.05, 0.1) is 17.4 Å². The third-order valence-electron chi connectivity index (χ3n) is 4.68. The zero-order valence-electron chi connectivity index (χ0n) is 11.7. The Morgan fingerprint density at radius 2 is 2.05 bits per heavy atom. The van der Waals surface area contributed by atoms with Crippen molar-refractivity contribution in [3.63, 3.8) is 0 Å². The van der Waals surface area contributed by atoms with Crippen LogP contribution in [0.4, 0.5) is 0 Å². The zero-order chi connectivity index (χ0) is 15.1. The Bertz CT molecular complexity index is 643. The lowest BCUT2D eigenvalue weighted by atomic mass is 9.78. The lowest BCUT2D eigenvalue weighted by Crippen LogP contribution is -2.36. The number of carboxylic acids is 1. The summed E-state index contributed by atoms with van der Waals surface area (Å²) in [6.45, 7) is 1.66. The Kier molecular flexibility index (Phi) is 3.53. The molecule has 0 radical (unpaired) electrons. The van der Waals surface area contributed by atoms with E-state index in [1.807, 2.05) is 30.3 Å². The van der Waals surface area contributed by atoms with Gasteiger partial charge in [-0.1, -0.05) is 30.3 Å². The first-order valence-electron chi connectivity index (χ1n) is 7.10. The van der Waals surface area contributed by atoms with Crippen molar-refractivity contribution in [2.75, 3.05) is 24.6 Å². The van der Waals surface area contributed by atoms with E-state index in [0.29, 0.717) is 26.1 Å². The average molecular weight is 309 g/mol. The standard InChI is InChI=1S/C15H19NO4S/c17-14(18)13-9-16(8-12-4-2-1-3-5-12)10-15(13)6-7-21(19,20)11-15/h1-5,13H,6-11H2,(H,17,18). The van der Waals surface area contributed by atoms with E-state index in [1.54, 1.807) is 0 Å². The van der Waals surface area contributed by atoms with Crippen LogP contribution in [0.3, 0.4) is 0 Å². The van der Waals surface area contributed by atoms with Crippen molar-refractivity contribution in [2.45, 2.75) is 13.0 Å². The van der Waals surface area contributed by atoms with Crippen LogP contribution in [0.1, 0.15) is 12.0 Å². The summed E-state index contributed by atoms with van der Waals surface area (Å²) in [4.78, 5) is 13.6. The summed E-state index contributed by atoms with van der Waals surface area (Å²) in [6, 6.07) is 9.86. The van der Waals surface area contributed by atoms with Crippen LogP contribution in [0.25, 0.3) is 0 Å². The maximum absolute atomic E-state index is 11.8. The predicted molar refractivity (Wildman–Crippen MR) is 78.5 cm³/mol. The summed E-state index contributed by atoms with van der Waals surface area (Å²) in [7, 11) is -3.09. The number of carbonyl (C=O) groups is 1. The molecule has 2 fully saturated rings. The van der Waals surface area contributed by atoms with Gasteiger partial charge in [-0.05, 0) is 12.0 Å². The van der Waals surface area contributed by atoms with E-state index < -0.39 is 27.1 Å². The van der Waals surface area contributed by atoms with Gasteiger partial charge in [-0.15, -0.1) is 0 Å². The maximum Gasteiger partial charge on any atom is 0.308 e. The van der Waals surface area contributed by atoms with Crippen LogP contribution >= 0.6 is 0 Å². The zero-order valence-corrected chi connectivity index (χ0v) is 12.6. The van der Waals surface area contributed by atoms with Gasteiger partial charge in [0.1, 0.15) is 0 Å². The van der Waals surface area contributed by atoms with Crippen LogP contribution in [0.5, 0.6) is 0 Å². The number of nitrogens with zero attached hydrogens (tertiary/aromatic N) is 1. The van der Waals surface area contributed by atoms with Gasteiger partial charge in [-0.25, -0.2) is 8.42 Å². The fourth-order valence-corrected chi connectivity index (χ4v) is 5.89. The number of hydrogen-bond donors (Lipinski definition) is 1. The van der Waals surface area contributed by atoms with Crippen LogP contribution in [-0.4, -0.2) is 49.0 Å². The lowest BCUT2D eigenvalue weighted by Gasteiger charge is -2.25. The van der Waals surface area contributed by atoms with E-state index in [4.69, 9.17) is 0 Å². The Labute approximate surface area is 124 Å². The third kappa shape index (κ3) is 2.82. The Hall–Kier alpha value is -1.40. The van der Waals surface area contributed by atoms with E-state index in [1.165, 1.54) is 0 Å². The van der Waals surface area contributed by atoms with Gasteiger partial charge in [0.15, 0.2) is 9.84 Å². The minimum Gasteiger partial charge on any atom is -0.481 e. The molecule has 6 heteroatoms. The molecule has 1 aromatic carbocycles. The fraction of sp³-hybridized carbons (Fsp3) is 0.533. The molecule has 2 saturated heterocycles. The fourth-order valence-electron chi connectivity index (χ4n) is 3.71. The molecule has 114 valence electrons. The van der Waals surface area contributed by atoms with Crippen LogP contribution in [0.2, 0.25) is 0 Å². The number of sulfone groups is 1. The Morgan fingerprint density at radius 3 is 2.62 bits per heavy atom. The van der Waals surface area contributed by atoms with E-state index in [-0.39, 0.29) is 11.5 Å². The van der Waals surface area contributed by atoms with E-state index >= 15 is 0 Å². The van der Waals surface area contributed by atoms with Gasteiger partial charge in [0, 0.05) is 25.0 Å². The summed E-state index contributed by atoms with van der Waals surface area (Å²) < 4.78 is 23.6. The molecule has 21 heavy (non-hydrogen) atoms. The minimum atomic E-state index is -3.09. The maximum atomic E-state index is 11.8. The Morgan fingerprint density at radius 1 is 1.33 bits per heavy atom. The summed E-state index contributed by atoms with van der Waals surface area (Å²) >= 11 is 0. The summed E-state index contributed by atoms with van der Waals surface area (Å²) in [5, 5.41) is 9.47. The van der Waals surface area contributed by atoms with Gasteiger partial charge in [-0.3, -0.25) is 9.69 Å². The molecule has 1 spiro atoms. The van der Waals surface area contributed by atoms with Gasteiger partial charge >= 0.3 is 5.97 Å². The number of benzene rings is 1. The second-order valence-electron chi connectivity index (χ2n) is 6.25. The molecular weight excluding hydrogens is 290 g/mol. The SMILES string of the molecule is O=C(O)C1CN(Cc2ccccc2)CC12CCS(=O)(=O)C2. The van der Waals surface area contributed by atoms with Crippen molar-refractivity contribution < 1.29 is 18.3 Å². The highest BCUT2D eigenvalue weighted by Gasteiger charge is 2.55. The highest BCUT2D eigenvalue weighted by molar-refractivity contribution is 7.91. The van der Waals surface area contributed by atoms with Crippen LogP contribution < -0.4 is 0 Å². The second kappa shape index (κ2) is 5.10. The van der Waals surface area contributed by atoms with E-state index in [2.05, 4.69) is 4.90 Å². The second-order valence-corrected chi connectivity index (χ2v) is 8.43. The van der Waals surface area contributed by atoms with Crippen molar-refractivity contribution in [3.05, 3.63) is 35.9 Å². The van der Waals surface area contributed by atoms with Crippen LogP contribution in [-0.2, 0) is 21.2 Å². The number of rotatable bonds is 3. The van der Waals surface area contributed by atoms with Gasteiger partial charge in [0.2, 0.25) is 0 Å². The smallest absolute Gasteiger partial charge is 0.308 e. The van der Waals surface area contributed by atoms with E-state index in [0.717, 1.165) is 5.56 Å².